The Morgan fingerprint density at radius 3 is 2.46 bits per heavy atom. The summed E-state index contributed by atoms with van der Waals surface area (Å²) in [5.41, 5.74) is 1.42. The molecule has 4 saturated carbocycles. The number of aromatic nitrogens is 2. The molecule has 3 aromatic rings. The number of nitrogens with one attached hydrogen (secondary N) is 1. The fourth-order valence-corrected chi connectivity index (χ4v) is 7.13. The second-order valence-electron chi connectivity index (χ2n) is 10.5. The zero-order chi connectivity index (χ0) is 24.0. The molecule has 1 aromatic heterocycles. The summed E-state index contributed by atoms with van der Waals surface area (Å²) in [6, 6.07) is 14.6. The van der Waals surface area contributed by atoms with Crippen LogP contribution in [0.1, 0.15) is 54.4 Å². The number of carbonyl (C=O) groups is 1. The number of hydrogen-bond donors (Lipinski definition) is 1. The zero-order valence-electron chi connectivity index (χ0n) is 19.9. The van der Waals surface area contributed by atoms with E-state index in [9.17, 15) is 4.79 Å². The van der Waals surface area contributed by atoms with Crippen molar-refractivity contribution in [2.75, 3.05) is 12.4 Å². The molecule has 0 radical (unpaired) electrons. The molecule has 6 nitrogen and oxygen atoms in total. The van der Waals surface area contributed by atoms with E-state index in [2.05, 4.69) is 16.2 Å². The molecule has 7 heteroatoms. The first-order valence-corrected chi connectivity index (χ1v) is 12.8. The highest BCUT2D eigenvalue weighted by Crippen LogP contribution is 2.58. The number of hydrogen-bond acceptors (Lipinski definition) is 4. The normalized spacial score (nSPS) is 26.5. The van der Waals surface area contributed by atoms with Crippen molar-refractivity contribution in [3.05, 3.63) is 70.9 Å². The van der Waals surface area contributed by atoms with Crippen molar-refractivity contribution >= 4 is 23.3 Å². The van der Waals surface area contributed by atoms with Crippen molar-refractivity contribution in [2.24, 2.45) is 17.8 Å². The van der Waals surface area contributed by atoms with E-state index in [1.165, 1.54) is 38.5 Å². The van der Waals surface area contributed by atoms with Gasteiger partial charge in [0.2, 0.25) is 0 Å². The summed E-state index contributed by atoms with van der Waals surface area (Å²) < 4.78 is 13.5. The van der Waals surface area contributed by atoms with Crippen LogP contribution in [0.4, 0.5) is 5.82 Å². The predicted molar refractivity (Wildman–Crippen MR) is 135 cm³/mol. The van der Waals surface area contributed by atoms with Gasteiger partial charge in [-0.05, 0) is 86.6 Å². The van der Waals surface area contributed by atoms with Crippen molar-refractivity contribution in [2.45, 2.75) is 50.7 Å². The molecule has 0 aliphatic heterocycles. The lowest BCUT2D eigenvalue weighted by molar-refractivity contribution is -0.0492. The van der Waals surface area contributed by atoms with E-state index in [1.54, 1.807) is 31.4 Å². The SMILES string of the molecule is COc1ccc(C(=O)Nc2ccn(C34CC5CC(CC(C5)C3)C4)n2)cc1COc1ccccc1Cl. The van der Waals surface area contributed by atoms with E-state index in [1.807, 2.05) is 24.3 Å². The highest BCUT2D eigenvalue weighted by Gasteiger charge is 2.52. The van der Waals surface area contributed by atoms with Gasteiger partial charge in [0.15, 0.2) is 5.82 Å². The summed E-state index contributed by atoms with van der Waals surface area (Å²) in [5, 5.41) is 8.35. The number of benzene rings is 2. The smallest absolute Gasteiger partial charge is 0.256 e. The molecule has 1 N–H and O–H groups in total. The number of carbonyl (C=O) groups excluding carboxylic acids is 1. The maximum atomic E-state index is 13.1. The molecule has 4 fully saturated rings. The highest BCUT2D eigenvalue weighted by atomic mass is 35.5. The molecule has 4 bridgehead atoms. The molecule has 4 aliphatic carbocycles. The zero-order valence-corrected chi connectivity index (χ0v) is 20.6. The van der Waals surface area contributed by atoms with Crippen LogP contribution in [0.5, 0.6) is 11.5 Å². The minimum Gasteiger partial charge on any atom is -0.496 e. The van der Waals surface area contributed by atoms with Gasteiger partial charge in [0.25, 0.3) is 5.91 Å². The molecular weight excluding hydrogens is 462 g/mol. The Morgan fingerprint density at radius 1 is 1.06 bits per heavy atom. The van der Waals surface area contributed by atoms with E-state index in [-0.39, 0.29) is 18.1 Å². The van der Waals surface area contributed by atoms with Gasteiger partial charge < -0.3 is 14.8 Å². The number of halogens is 1. The van der Waals surface area contributed by atoms with E-state index < -0.39 is 0 Å². The number of ether oxygens (including phenoxy) is 2. The lowest BCUT2D eigenvalue weighted by Crippen LogP contribution is -2.52. The van der Waals surface area contributed by atoms with E-state index in [0.29, 0.717) is 27.9 Å². The topological polar surface area (TPSA) is 65.4 Å². The average Bonchev–Trinajstić information content (AvgIpc) is 3.32. The predicted octanol–water partition coefficient (Wildman–Crippen LogP) is 6.30. The van der Waals surface area contributed by atoms with Gasteiger partial charge in [0.05, 0.1) is 17.7 Å². The molecule has 7 rings (SSSR count). The van der Waals surface area contributed by atoms with Crippen LogP contribution in [-0.4, -0.2) is 22.8 Å². The average molecular weight is 492 g/mol. The Morgan fingerprint density at radius 2 is 1.77 bits per heavy atom. The molecular formula is C28H30ClN3O3. The third kappa shape index (κ3) is 4.29. The van der Waals surface area contributed by atoms with Gasteiger partial charge in [-0.2, -0.15) is 5.10 Å². The van der Waals surface area contributed by atoms with E-state index in [4.69, 9.17) is 26.2 Å². The Balaban J connectivity index is 1.17. The number of para-hydroxylation sites is 1. The third-order valence-corrected chi connectivity index (χ3v) is 8.40. The van der Waals surface area contributed by atoms with Crippen molar-refractivity contribution in [3.63, 3.8) is 0 Å². The second kappa shape index (κ2) is 8.90. The van der Waals surface area contributed by atoms with Gasteiger partial charge in [-0.15, -0.1) is 0 Å². The molecule has 4 aliphatic rings. The van der Waals surface area contributed by atoms with Gasteiger partial charge in [-0.25, -0.2) is 0 Å². The number of nitrogens with zero attached hydrogens (tertiary/aromatic N) is 2. The van der Waals surface area contributed by atoms with Crippen LogP contribution in [0.2, 0.25) is 5.02 Å². The van der Waals surface area contributed by atoms with Gasteiger partial charge in [0, 0.05) is 23.4 Å². The molecule has 1 heterocycles. The minimum atomic E-state index is -0.206. The summed E-state index contributed by atoms with van der Waals surface area (Å²) >= 11 is 6.21. The molecule has 0 spiro atoms. The molecule has 1 amide bonds. The largest absolute Gasteiger partial charge is 0.496 e. The summed E-state index contributed by atoms with van der Waals surface area (Å²) in [4.78, 5) is 13.1. The van der Waals surface area contributed by atoms with Crippen LogP contribution in [0.15, 0.2) is 54.7 Å². The maximum Gasteiger partial charge on any atom is 0.256 e. The van der Waals surface area contributed by atoms with Crippen LogP contribution in [0.3, 0.4) is 0 Å². The van der Waals surface area contributed by atoms with Crippen molar-refractivity contribution in [1.82, 2.24) is 9.78 Å². The fraction of sp³-hybridized carbons (Fsp3) is 0.429. The molecule has 182 valence electrons. The monoisotopic (exact) mass is 491 g/mol. The number of rotatable bonds is 7. The van der Waals surface area contributed by atoms with Crippen LogP contribution >= 0.6 is 11.6 Å². The number of anilines is 1. The third-order valence-electron chi connectivity index (χ3n) is 8.09. The van der Waals surface area contributed by atoms with Crippen LogP contribution < -0.4 is 14.8 Å². The first kappa shape index (κ1) is 22.5. The lowest BCUT2D eigenvalue weighted by Gasteiger charge is -2.56. The number of amides is 1. The molecule has 2 aromatic carbocycles. The quantitative estimate of drug-likeness (QED) is 0.421. The standard InChI is InChI=1S/C28H30ClN3O3/c1-34-24-7-6-21(13-22(24)17-35-25-5-3-2-4-23(25)29)27(33)30-26-8-9-32(31-26)28-14-18-10-19(15-28)12-20(11-18)16-28/h2-9,13,18-20H,10-12,14-17H2,1H3,(H,30,31,33). The number of methoxy groups -OCH3 is 1. The van der Waals surface area contributed by atoms with Crippen molar-refractivity contribution in [1.29, 1.82) is 0 Å². The van der Waals surface area contributed by atoms with E-state index in [0.717, 1.165) is 23.3 Å². The Hall–Kier alpha value is -2.99. The Kier molecular flexibility index (Phi) is 5.72. The van der Waals surface area contributed by atoms with Crippen LogP contribution in [0.25, 0.3) is 0 Å². The summed E-state index contributed by atoms with van der Waals surface area (Å²) in [7, 11) is 1.60. The minimum absolute atomic E-state index is 0.140. The Bertz CT molecular complexity index is 1220. The Labute approximate surface area is 210 Å². The van der Waals surface area contributed by atoms with Gasteiger partial charge in [-0.3, -0.25) is 9.48 Å². The first-order valence-electron chi connectivity index (χ1n) is 12.4. The summed E-state index contributed by atoms with van der Waals surface area (Å²) in [6.45, 7) is 0.231. The summed E-state index contributed by atoms with van der Waals surface area (Å²) in [6.07, 6.45) is 9.90. The van der Waals surface area contributed by atoms with Crippen LogP contribution in [-0.2, 0) is 12.1 Å². The molecule has 0 unspecified atom stereocenters. The molecule has 0 saturated heterocycles. The maximum absolute atomic E-state index is 13.1. The van der Waals surface area contributed by atoms with Crippen LogP contribution in [0, 0.1) is 17.8 Å². The first-order chi connectivity index (χ1) is 17.0. The summed E-state index contributed by atoms with van der Waals surface area (Å²) in [5.74, 6) is 4.15. The van der Waals surface area contributed by atoms with Gasteiger partial charge in [-0.1, -0.05) is 23.7 Å². The molecule has 0 atom stereocenters. The van der Waals surface area contributed by atoms with Crippen molar-refractivity contribution in [3.8, 4) is 11.5 Å². The van der Waals surface area contributed by atoms with E-state index >= 15 is 0 Å². The van der Waals surface area contributed by atoms with Gasteiger partial charge >= 0.3 is 0 Å². The fourth-order valence-electron chi connectivity index (χ4n) is 6.94. The van der Waals surface area contributed by atoms with Gasteiger partial charge in [0.1, 0.15) is 18.1 Å². The molecule has 35 heavy (non-hydrogen) atoms. The lowest BCUT2D eigenvalue weighted by atomic mass is 9.53. The highest BCUT2D eigenvalue weighted by molar-refractivity contribution is 6.32. The second-order valence-corrected chi connectivity index (χ2v) is 10.9. The van der Waals surface area contributed by atoms with Crippen molar-refractivity contribution < 1.29 is 14.3 Å².